The Kier molecular flexibility index (Phi) is 14.8. The van der Waals surface area contributed by atoms with Crippen LogP contribution in [0.5, 0.6) is 0 Å². The van der Waals surface area contributed by atoms with Crippen LogP contribution >= 0.6 is 0 Å². The van der Waals surface area contributed by atoms with Crippen molar-refractivity contribution < 1.29 is 44.8 Å². The Bertz CT molecular complexity index is 2020. The fraction of sp³-hybridized carbons (Fsp3) is 0.509. The van der Waals surface area contributed by atoms with Crippen LogP contribution in [0.15, 0.2) is 83.9 Å². The maximum atomic E-state index is 2.75. The second-order valence-corrected chi connectivity index (χ2v) is 39.4. The van der Waals surface area contributed by atoms with E-state index in [4.69, 9.17) is 0 Å². The van der Waals surface area contributed by atoms with Gasteiger partial charge in [-0.15, -0.1) is 0 Å². The summed E-state index contributed by atoms with van der Waals surface area (Å²) < 4.78 is 4.36. The van der Waals surface area contributed by atoms with Gasteiger partial charge in [-0.05, 0) is 0 Å². The molecule has 60 heavy (non-hydrogen) atoms. The number of benzene rings is 4. The number of hydrogen-bond donors (Lipinski definition) is 0. The molecule has 2 unspecified atom stereocenters. The van der Waals surface area contributed by atoms with Gasteiger partial charge in [0.2, 0.25) is 0 Å². The fourth-order valence-corrected chi connectivity index (χ4v) is 33.4. The second-order valence-electron chi connectivity index (χ2n) is 22.8. The fourth-order valence-electron chi connectivity index (χ4n) is 10.6. The SMILES string of the molecule is CCCCC1=Cc2c(-c3cc(C(C)(C)C)cc(C(C)(C)C)c3)cccc2[CH]1[Hf+2]1([CH]2C(CCCC)=Cc3c(-c4cc(C(C)(C)C)cc(C(C)(C)C)c4)cccc32)[CH2]C[CH2]1.[Cl-].[Cl-]. The zero-order chi connectivity index (χ0) is 42.0. The molecule has 4 aromatic carbocycles. The number of rotatable bonds is 10. The van der Waals surface area contributed by atoms with Gasteiger partial charge in [-0.25, -0.2) is 0 Å². The minimum absolute atomic E-state index is 0. The van der Waals surface area contributed by atoms with Gasteiger partial charge in [0.05, 0.1) is 0 Å². The predicted octanol–water partition coefficient (Wildman–Crippen LogP) is 11.6. The first-order valence-electron chi connectivity index (χ1n) is 23.2. The Morgan fingerprint density at radius 3 is 1.08 bits per heavy atom. The summed E-state index contributed by atoms with van der Waals surface area (Å²) in [4.78, 5) is 0. The molecule has 0 nitrogen and oxygen atoms in total. The maximum Gasteiger partial charge on any atom is -1.00 e. The molecule has 0 radical (unpaired) electrons. The average molecular weight is 1010 g/mol. The van der Waals surface area contributed by atoms with E-state index in [1.807, 2.05) is 0 Å². The summed E-state index contributed by atoms with van der Waals surface area (Å²) in [5, 5.41) is 0. The van der Waals surface area contributed by atoms with Gasteiger partial charge in [-0.3, -0.25) is 0 Å². The van der Waals surface area contributed by atoms with E-state index in [1.165, 1.54) is 97.8 Å². The molecule has 0 aromatic heterocycles. The monoisotopic (exact) mass is 1010 g/mol. The third-order valence-electron chi connectivity index (χ3n) is 14.3. The Morgan fingerprint density at radius 2 is 0.817 bits per heavy atom. The van der Waals surface area contributed by atoms with Crippen LogP contribution in [0.4, 0.5) is 0 Å². The van der Waals surface area contributed by atoms with Crippen LogP contribution in [-0.2, 0) is 41.6 Å². The molecule has 2 aliphatic carbocycles. The third kappa shape index (κ3) is 9.36. The first-order valence-corrected chi connectivity index (χ1v) is 32.4. The maximum absolute atomic E-state index is 3.23. The Balaban J connectivity index is 0.00000341. The summed E-state index contributed by atoms with van der Waals surface area (Å²) in [5.41, 5.74) is 21.9. The smallest absolute Gasteiger partial charge is 1.00 e. The van der Waals surface area contributed by atoms with Crippen molar-refractivity contribution >= 4 is 12.2 Å². The Morgan fingerprint density at radius 1 is 0.483 bits per heavy atom. The molecule has 2 atom stereocenters. The summed E-state index contributed by atoms with van der Waals surface area (Å²) in [7, 11) is 0. The van der Waals surface area contributed by atoms with Crippen LogP contribution in [0.1, 0.15) is 194 Å². The average Bonchev–Trinajstić information content (AvgIpc) is 3.70. The third-order valence-corrected chi connectivity index (χ3v) is 36.7. The molecule has 0 bridgehead atoms. The summed E-state index contributed by atoms with van der Waals surface area (Å²) in [6.07, 6.45) is 14.5. The molecule has 3 heteroatoms. The molecule has 0 spiro atoms. The zero-order valence-electron chi connectivity index (χ0n) is 39.9. The molecule has 1 aliphatic heterocycles. The minimum atomic E-state index is -3.23. The Labute approximate surface area is 384 Å². The number of allylic oxidation sites excluding steroid dienone is 2. The van der Waals surface area contributed by atoms with Gasteiger partial charge >= 0.3 is 362 Å². The van der Waals surface area contributed by atoms with E-state index >= 15 is 0 Å². The summed E-state index contributed by atoms with van der Waals surface area (Å²) in [6, 6.07) is 30.0. The van der Waals surface area contributed by atoms with Crippen LogP contribution in [0.2, 0.25) is 8.35 Å². The van der Waals surface area contributed by atoms with Gasteiger partial charge in [0.25, 0.3) is 0 Å². The van der Waals surface area contributed by atoms with E-state index in [0.29, 0.717) is 7.35 Å². The molecule has 0 saturated carbocycles. The van der Waals surface area contributed by atoms with Gasteiger partial charge in [0.1, 0.15) is 0 Å². The van der Waals surface area contributed by atoms with Crippen LogP contribution in [-0.4, -0.2) is 0 Å². The van der Waals surface area contributed by atoms with Gasteiger partial charge < -0.3 is 24.8 Å². The number of halogens is 2. The molecule has 4 aromatic rings. The van der Waals surface area contributed by atoms with E-state index in [-0.39, 0.29) is 46.5 Å². The number of hydrogen-bond acceptors (Lipinski definition) is 0. The molecule has 7 rings (SSSR count). The zero-order valence-corrected chi connectivity index (χ0v) is 45.0. The number of unbranched alkanes of at least 4 members (excludes halogenated alkanes) is 2. The minimum Gasteiger partial charge on any atom is -1.00 e. The van der Waals surface area contributed by atoms with Crippen molar-refractivity contribution in [3.05, 3.63) is 128 Å². The van der Waals surface area contributed by atoms with Gasteiger partial charge in [-0.2, -0.15) is 0 Å². The standard InChI is InChI=1S/2C27H35.C3H6.2ClH.Hf/c2*1-8-9-11-19-14-20-12-10-13-24(25(20)15-19)21-16-22(26(2,3)4)18-23(17-21)27(5,6)7;1-3-2;;;/h2*10,12-18H,8-9,11H2,1-7H3;1-3H2;2*1H;/q;;;;;+2/p-2. The van der Waals surface area contributed by atoms with E-state index in [2.05, 4.69) is 182 Å². The van der Waals surface area contributed by atoms with Gasteiger partial charge in [0, 0.05) is 0 Å². The quantitative estimate of drug-likeness (QED) is 0.139. The summed E-state index contributed by atoms with van der Waals surface area (Å²) in [6.45, 7) is 33.3. The largest absolute Gasteiger partial charge is 1.00 e. The van der Waals surface area contributed by atoms with Crippen LogP contribution in [0, 0.1) is 0 Å². The van der Waals surface area contributed by atoms with E-state index in [0.717, 1.165) is 0 Å². The van der Waals surface area contributed by atoms with Crippen molar-refractivity contribution in [3.8, 4) is 22.3 Å². The van der Waals surface area contributed by atoms with Crippen molar-refractivity contribution in [2.24, 2.45) is 0 Å². The first kappa shape index (κ1) is 48.8. The molecular formula is C57H76Cl2Hf. The van der Waals surface area contributed by atoms with E-state index in [9.17, 15) is 0 Å². The molecule has 1 fully saturated rings. The van der Waals surface area contributed by atoms with E-state index in [1.54, 1.807) is 33.4 Å². The summed E-state index contributed by atoms with van der Waals surface area (Å²) in [5.74, 6) is 0. The molecular weight excluding hydrogens is 934 g/mol. The second kappa shape index (κ2) is 18.1. The molecule has 322 valence electrons. The van der Waals surface area contributed by atoms with Crippen molar-refractivity contribution in [2.75, 3.05) is 0 Å². The molecule has 0 N–H and O–H groups in total. The molecule has 3 aliphatic rings. The predicted molar refractivity (Wildman–Crippen MR) is 253 cm³/mol. The Hall–Kier alpha value is -2.19. The van der Waals surface area contributed by atoms with Crippen molar-refractivity contribution in [2.45, 2.75) is 179 Å². The van der Waals surface area contributed by atoms with Crippen molar-refractivity contribution in [3.63, 3.8) is 0 Å². The van der Waals surface area contributed by atoms with Crippen LogP contribution in [0.25, 0.3) is 34.4 Å². The van der Waals surface area contributed by atoms with Crippen molar-refractivity contribution in [1.29, 1.82) is 0 Å². The van der Waals surface area contributed by atoms with Crippen LogP contribution in [0.3, 0.4) is 0 Å². The van der Waals surface area contributed by atoms with Gasteiger partial charge in [0.15, 0.2) is 0 Å². The molecule has 0 amide bonds. The van der Waals surface area contributed by atoms with Crippen molar-refractivity contribution in [1.82, 2.24) is 0 Å². The first-order chi connectivity index (χ1) is 27.2. The number of fused-ring (bicyclic) bond motifs is 2. The topological polar surface area (TPSA) is 0 Å². The summed E-state index contributed by atoms with van der Waals surface area (Å²) >= 11 is -3.23. The molecule has 1 heterocycles. The molecule has 1 saturated heterocycles. The normalized spacial score (nSPS) is 17.9. The van der Waals surface area contributed by atoms with Crippen LogP contribution < -0.4 is 24.8 Å². The van der Waals surface area contributed by atoms with E-state index < -0.39 is 20.0 Å². The van der Waals surface area contributed by atoms with Gasteiger partial charge in [-0.1, -0.05) is 0 Å².